The first-order valence-corrected chi connectivity index (χ1v) is 7.43. The highest BCUT2D eigenvalue weighted by molar-refractivity contribution is 7.90. The first-order chi connectivity index (χ1) is 9.56. The van der Waals surface area contributed by atoms with Crippen LogP contribution in [0.25, 0.3) is 0 Å². The number of pyridine rings is 1. The van der Waals surface area contributed by atoms with Gasteiger partial charge in [0.1, 0.15) is 22.4 Å². The van der Waals surface area contributed by atoms with Crippen LogP contribution in [0.3, 0.4) is 0 Å². The first kappa shape index (κ1) is 14.0. The van der Waals surface area contributed by atoms with Crippen molar-refractivity contribution in [2.45, 2.75) is 10.6 Å². The Morgan fingerprint density at radius 2 is 2.05 bits per heavy atom. The monoisotopic (exact) mass is 288 g/mol. The van der Waals surface area contributed by atoms with Crippen LogP contribution in [0.5, 0.6) is 5.75 Å². The van der Waals surface area contributed by atoms with Crippen molar-refractivity contribution >= 4 is 9.84 Å². The van der Waals surface area contributed by atoms with Gasteiger partial charge in [-0.3, -0.25) is 0 Å². The molecular formula is C14H12N2O3S. The van der Waals surface area contributed by atoms with E-state index in [9.17, 15) is 8.42 Å². The highest BCUT2D eigenvalue weighted by Gasteiger charge is 2.19. The average Bonchev–Trinajstić information content (AvgIpc) is 2.47. The second kappa shape index (κ2) is 5.72. The number of nitriles is 1. The zero-order valence-corrected chi connectivity index (χ0v) is 11.6. The average molecular weight is 288 g/mol. The van der Waals surface area contributed by atoms with Crippen molar-refractivity contribution in [1.29, 1.82) is 5.26 Å². The number of aromatic nitrogens is 1. The summed E-state index contributed by atoms with van der Waals surface area (Å²) < 4.78 is 29.9. The minimum absolute atomic E-state index is 0.137. The number of methoxy groups -OCH3 is 1. The molecule has 6 heteroatoms. The summed E-state index contributed by atoms with van der Waals surface area (Å²) in [4.78, 5) is 3.95. The summed E-state index contributed by atoms with van der Waals surface area (Å²) in [6, 6.07) is 11.4. The highest BCUT2D eigenvalue weighted by Crippen LogP contribution is 2.26. The summed E-state index contributed by atoms with van der Waals surface area (Å²) >= 11 is 0. The minimum atomic E-state index is -3.54. The summed E-state index contributed by atoms with van der Waals surface area (Å²) in [5.41, 5.74) is 0.709. The van der Waals surface area contributed by atoms with Crippen molar-refractivity contribution in [2.24, 2.45) is 0 Å². The van der Waals surface area contributed by atoms with Crippen LogP contribution < -0.4 is 4.74 Å². The predicted molar refractivity (Wildman–Crippen MR) is 72.8 cm³/mol. The minimum Gasteiger partial charge on any atom is -0.495 e. The Bertz CT molecular complexity index is 764. The molecule has 20 heavy (non-hydrogen) atoms. The van der Waals surface area contributed by atoms with Gasteiger partial charge >= 0.3 is 0 Å². The third kappa shape index (κ3) is 2.95. The summed E-state index contributed by atoms with van der Waals surface area (Å²) in [6.45, 7) is 0. The van der Waals surface area contributed by atoms with Gasteiger partial charge in [0.25, 0.3) is 0 Å². The zero-order valence-electron chi connectivity index (χ0n) is 10.8. The Labute approximate surface area is 117 Å². The molecule has 0 spiro atoms. The molecule has 1 heterocycles. The number of sulfone groups is 1. The van der Waals surface area contributed by atoms with Crippen LogP contribution in [0.1, 0.15) is 11.3 Å². The molecule has 1 aromatic carbocycles. The molecule has 0 atom stereocenters. The van der Waals surface area contributed by atoms with E-state index in [2.05, 4.69) is 4.98 Å². The molecule has 0 radical (unpaired) electrons. The third-order valence-corrected chi connectivity index (χ3v) is 4.42. The highest BCUT2D eigenvalue weighted by atomic mass is 32.2. The van der Waals surface area contributed by atoms with E-state index in [-0.39, 0.29) is 16.3 Å². The Morgan fingerprint density at radius 1 is 1.30 bits per heavy atom. The maximum atomic E-state index is 12.4. The summed E-state index contributed by atoms with van der Waals surface area (Å²) in [5, 5.41) is 8.78. The fraction of sp³-hybridized carbons (Fsp3) is 0.143. The van der Waals surface area contributed by atoms with Gasteiger partial charge < -0.3 is 4.74 Å². The summed E-state index contributed by atoms with van der Waals surface area (Å²) in [5.74, 6) is 0.104. The molecule has 0 aliphatic carbocycles. The van der Waals surface area contributed by atoms with Crippen molar-refractivity contribution in [3.8, 4) is 11.8 Å². The molecule has 0 fully saturated rings. The Hall–Kier alpha value is -2.39. The molecule has 0 N–H and O–H groups in total. The molecular weight excluding hydrogens is 276 g/mol. The first-order valence-electron chi connectivity index (χ1n) is 5.77. The molecule has 0 amide bonds. The van der Waals surface area contributed by atoms with E-state index in [1.165, 1.54) is 25.4 Å². The van der Waals surface area contributed by atoms with Gasteiger partial charge in [0.15, 0.2) is 9.84 Å². The lowest BCUT2D eigenvalue weighted by molar-refractivity contribution is 0.402. The van der Waals surface area contributed by atoms with Crippen molar-refractivity contribution in [3.05, 3.63) is 53.9 Å². The van der Waals surface area contributed by atoms with E-state index in [1.807, 2.05) is 6.07 Å². The van der Waals surface area contributed by atoms with E-state index >= 15 is 0 Å². The number of para-hydroxylation sites is 1. The number of nitrogens with zero attached hydrogens (tertiary/aromatic N) is 2. The van der Waals surface area contributed by atoms with Crippen molar-refractivity contribution in [2.75, 3.05) is 7.11 Å². The molecule has 1 aromatic heterocycles. The number of hydrogen-bond acceptors (Lipinski definition) is 5. The lowest BCUT2D eigenvalue weighted by Crippen LogP contribution is -2.07. The van der Waals surface area contributed by atoms with Gasteiger partial charge in [0.05, 0.1) is 12.9 Å². The SMILES string of the molecule is COc1ccccc1S(=O)(=O)Cc1ccnc(C#N)c1. The maximum absolute atomic E-state index is 12.4. The molecule has 2 aromatic rings. The van der Waals surface area contributed by atoms with Crippen molar-refractivity contribution < 1.29 is 13.2 Å². The van der Waals surface area contributed by atoms with Gasteiger partial charge in [-0.25, -0.2) is 13.4 Å². The lowest BCUT2D eigenvalue weighted by Gasteiger charge is -2.09. The second-order valence-electron chi connectivity index (χ2n) is 4.07. The summed E-state index contributed by atoms with van der Waals surface area (Å²) in [6.07, 6.45) is 1.42. The molecule has 0 aliphatic rings. The van der Waals surface area contributed by atoms with Gasteiger partial charge in [-0.2, -0.15) is 5.26 Å². The molecule has 0 unspecified atom stereocenters. The molecule has 0 bridgehead atoms. The smallest absolute Gasteiger partial charge is 0.186 e. The second-order valence-corrected chi connectivity index (χ2v) is 6.03. The number of benzene rings is 1. The van der Waals surface area contributed by atoms with Gasteiger partial charge in [-0.1, -0.05) is 12.1 Å². The van der Waals surface area contributed by atoms with Crippen molar-refractivity contribution in [3.63, 3.8) is 0 Å². The van der Waals surface area contributed by atoms with E-state index in [0.29, 0.717) is 11.3 Å². The van der Waals surface area contributed by atoms with Crippen LogP contribution in [0, 0.1) is 11.3 Å². The van der Waals surface area contributed by atoms with E-state index in [0.717, 1.165) is 0 Å². The van der Waals surface area contributed by atoms with Gasteiger partial charge in [0.2, 0.25) is 0 Å². The summed E-state index contributed by atoms with van der Waals surface area (Å²) in [7, 11) is -2.12. The number of ether oxygens (including phenoxy) is 1. The maximum Gasteiger partial charge on any atom is 0.186 e. The fourth-order valence-electron chi connectivity index (χ4n) is 1.80. The van der Waals surface area contributed by atoms with Crippen LogP contribution >= 0.6 is 0 Å². The Balaban J connectivity index is 2.38. The largest absolute Gasteiger partial charge is 0.495 e. The standard InChI is InChI=1S/C14H12N2O3S/c1-19-13-4-2-3-5-14(13)20(17,18)10-11-6-7-16-12(8-11)9-15/h2-8H,10H2,1H3. The van der Waals surface area contributed by atoms with Gasteiger partial charge in [-0.05, 0) is 29.8 Å². The molecule has 0 aliphatic heterocycles. The Kier molecular flexibility index (Phi) is 4.01. The van der Waals surface area contributed by atoms with E-state index in [4.69, 9.17) is 10.00 Å². The van der Waals surface area contributed by atoms with Crippen LogP contribution in [0.15, 0.2) is 47.5 Å². The molecule has 2 rings (SSSR count). The predicted octanol–water partition coefficient (Wildman–Crippen LogP) is 1.94. The topological polar surface area (TPSA) is 80.1 Å². The Morgan fingerprint density at radius 3 is 2.75 bits per heavy atom. The van der Waals surface area contributed by atoms with Crippen LogP contribution in [-0.4, -0.2) is 20.5 Å². The quantitative estimate of drug-likeness (QED) is 0.858. The zero-order chi connectivity index (χ0) is 14.6. The third-order valence-electron chi connectivity index (χ3n) is 2.70. The van der Waals surface area contributed by atoms with Crippen LogP contribution in [0.2, 0.25) is 0 Å². The van der Waals surface area contributed by atoms with E-state index in [1.54, 1.807) is 24.3 Å². The molecule has 0 saturated carbocycles. The lowest BCUT2D eigenvalue weighted by atomic mass is 10.2. The normalized spacial score (nSPS) is 10.8. The molecule has 102 valence electrons. The molecule has 5 nitrogen and oxygen atoms in total. The fourth-order valence-corrected chi connectivity index (χ4v) is 3.32. The van der Waals surface area contributed by atoms with Gasteiger partial charge in [0, 0.05) is 6.20 Å². The van der Waals surface area contributed by atoms with Gasteiger partial charge in [-0.15, -0.1) is 0 Å². The van der Waals surface area contributed by atoms with E-state index < -0.39 is 9.84 Å². The van der Waals surface area contributed by atoms with Crippen molar-refractivity contribution in [1.82, 2.24) is 4.98 Å². The number of rotatable bonds is 4. The molecule has 0 saturated heterocycles. The number of hydrogen-bond donors (Lipinski definition) is 0. The van der Waals surface area contributed by atoms with Crippen LogP contribution in [0.4, 0.5) is 0 Å². The van der Waals surface area contributed by atoms with Crippen LogP contribution in [-0.2, 0) is 15.6 Å².